The van der Waals surface area contributed by atoms with E-state index < -0.39 is 53.6 Å². The minimum Gasteiger partial charge on any atom is -0.507 e. The number of halogens is 2. The summed E-state index contributed by atoms with van der Waals surface area (Å²) in [6, 6.07) is 3.07. The van der Waals surface area contributed by atoms with Crippen LogP contribution < -0.4 is 0 Å². The Kier molecular flexibility index (Phi) is 18.8. The van der Waals surface area contributed by atoms with Gasteiger partial charge >= 0.3 is 11.9 Å². The second-order valence-electron chi connectivity index (χ2n) is 12.1. The molecule has 2 unspecified atom stereocenters. The van der Waals surface area contributed by atoms with Gasteiger partial charge in [-0.2, -0.15) is 4.39 Å². The number of phenolic OH excluding ortho intramolecular Hbond substituents is 1. The number of esters is 2. The lowest BCUT2D eigenvalue weighted by Gasteiger charge is -2.20. The Bertz CT molecular complexity index is 1270. The average Bonchev–Trinajstić information content (AvgIpc) is 2.98. The van der Waals surface area contributed by atoms with Crippen molar-refractivity contribution in [2.75, 3.05) is 7.11 Å². The molecular formula is C35H50F2O9. The first-order chi connectivity index (χ1) is 21.3. The number of aldehydes is 1. The highest BCUT2D eigenvalue weighted by Crippen LogP contribution is 2.28. The van der Waals surface area contributed by atoms with E-state index in [1.54, 1.807) is 13.0 Å². The van der Waals surface area contributed by atoms with E-state index in [-0.39, 0.29) is 29.6 Å². The minimum atomic E-state index is -1.91. The molecule has 1 aromatic rings. The van der Waals surface area contributed by atoms with Gasteiger partial charge in [-0.25, -0.2) is 14.0 Å². The number of aliphatic hydroxyl groups is 2. The van der Waals surface area contributed by atoms with Crippen LogP contribution in [0.3, 0.4) is 0 Å². The number of methoxy groups -OCH3 is 1. The topological polar surface area (TPSA) is 147 Å². The van der Waals surface area contributed by atoms with Crippen molar-refractivity contribution in [1.82, 2.24) is 0 Å². The van der Waals surface area contributed by atoms with E-state index in [2.05, 4.69) is 4.74 Å². The molecule has 1 heterocycles. The van der Waals surface area contributed by atoms with Crippen molar-refractivity contribution < 1.29 is 52.8 Å². The van der Waals surface area contributed by atoms with Gasteiger partial charge in [-0.05, 0) is 67.4 Å². The molecule has 11 heteroatoms. The molecule has 0 saturated carbocycles. The predicted molar refractivity (Wildman–Crippen MR) is 172 cm³/mol. The van der Waals surface area contributed by atoms with Crippen molar-refractivity contribution in [2.45, 2.75) is 87.0 Å². The number of cyclic esters (lactones) is 1. The third-order valence-corrected chi connectivity index (χ3v) is 7.59. The first kappa shape index (κ1) is 42.3. The number of aliphatic hydroxyl groups excluding tert-OH is 2. The first-order valence-electron chi connectivity index (χ1n) is 15.2. The van der Waals surface area contributed by atoms with E-state index in [0.29, 0.717) is 23.0 Å². The van der Waals surface area contributed by atoms with Gasteiger partial charge < -0.3 is 29.6 Å². The molecular weight excluding hydrogens is 602 g/mol. The maximum absolute atomic E-state index is 14.1. The quantitative estimate of drug-likeness (QED) is 0.191. The molecule has 1 aliphatic heterocycles. The summed E-state index contributed by atoms with van der Waals surface area (Å²) in [5, 5.41) is 30.0. The fourth-order valence-corrected chi connectivity index (χ4v) is 3.46. The number of ether oxygens (including phenoxy) is 2. The Labute approximate surface area is 271 Å². The summed E-state index contributed by atoms with van der Waals surface area (Å²) in [7, 11) is 1.16. The van der Waals surface area contributed by atoms with Crippen LogP contribution >= 0.6 is 0 Å². The maximum atomic E-state index is 14.1. The molecule has 1 aliphatic rings. The summed E-state index contributed by atoms with van der Waals surface area (Å²) in [6.45, 7) is 16.6. The van der Waals surface area contributed by atoms with Gasteiger partial charge in [0.15, 0.2) is 5.83 Å². The molecule has 0 amide bonds. The molecule has 258 valence electrons. The third kappa shape index (κ3) is 14.2. The average molecular weight is 653 g/mol. The highest BCUT2D eigenvalue weighted by Gasteiger charge is 2.29. The summed E-state index contributed by atoms with van der Waals surface area (Å²) < 4.78 is 36.4. The number of ketones is 1. The fourth-order valence-electron chi connectivity index (χ4n) is 3.46. The molecule has 1 aromatic carbocycles. The van der Waals surface area contributed by atoms with E-state index in [9.17, 15) is 43.3 Å². The van der Waals surface area contributed by atoms with Crippen LogP contribution in [0.2, 0.25) is 0 Å². The minimum absolute atomic E-state index is 0.0455. The first-order valence-corrected chi connectivity index (χ1v) is 15.2. The number of aryl methyl sites for hydroxylation is 1. The molecule has 9 nitrogen and oxygen atoms in total. The molecule has 0 fully saturated rings. The highest BCUT2D eigenvalue weighted by molar-refractivity contribution is 5.98. The number of fused-ring (bicyclic) bond motifs is 1. The predicted octanol–water partition coefficient (Wildman–Crippen LogP) is 6.23. The van der Waals surface area contributed by atoms with Crippen molar-refractivity contribution in [3.05, 3.63) is 58.7 Å². The van der Waals surface area contributed by atoms with E-state index in [1.165, 1.54) is 38.1 Å². The Morgan fingerprint density at radius 3 is 2.09 bits per heavy atom. The van der Waals surface area contributed by atoms with Gasteiger partial charge in [-0.1, -0.05) is 66.7 Å². The van der Waals surface area contributed by atoms with Gasteiger partial charge in [-0.15, -0.1) is 0 Å². The number of rotatable bonds is 5. The molecule has 0 radical (unpaired) electrons. The zero-order valence-electron chi connectivity index (χ0n) is 28.4. The number of benzene rings is 1. The highest BCUT2D eigenvalue weighted by atomic mass is 19.1. The van der Waals surface area contributed by atoms with Gasteiger partial charge in [-0.3, -0.25) is 4.79 Å². The third-order valence-electron chi connectivity index (χ3n) is 7.59. The molecule has 2 rings (SSSR count). The molecule has 0 aromatic heterocycles. The number of carbonyl (C=O) groups is 4. The molecule has 0 bridgehead atoms. The molecule has 0 spiro atoms. The van der Waals surface area contributed by atoms with Crippen molar-refractivity contribution in [1.29, 1.82) is 0 Å². The van der Waals surface area contributed by atoms with Crippen molar-refractivity contribution in [3.63, 3.8) is 0 Å². The van der Waals surface area contributed by atoms with E-state index >= 15 is 0 Å². The SMILES string of the molecule is CC(C)C(C)C=O.COC(=O)/C(F)=C\C(C)C(C)C.Cc1cc(O)c2c(c1)/C=C/C[C@H](O)[C@H](O)C(=O)/C(F)=C\[C@@H](C)[C@H](C)OC2=O. The van der Waals surface area contributed by atoms with Crippen LogP contribution in [0.15, 0.2) is 42.0 Å². The summed E-state index contributed by atoms with van der Waals surface area (Å²) >= 11 is 0. The van der Waals surface area contributed by atoms with Gasteiger partial charge in [0.1, 0.15) is 29.8 Å². The number of aromatic hydroxyl groups is 1. The van der Waals surface area contributed by atoms with Gasteiger partial charge in [0.05, 0.1) is 13.2 Å². The zero-order chi connectivity index (χ0) is 35.9. The molecule has 46 heavy (non-hydrogen) atoms. The largest absolute Gasteiger partial charge is 0.507 e. The Hall–Kier alpha value is -3.70. The van der Waals surface area contributed by atoms with Crippen LogP contribution in [0, 0.1) is 36.5 Å². The Morgan fingerprint density at radius 1 is 1.04 bits per heavy atom. The standard InChI is InChI=1S/C20H23FO6.C9H15FO2.C6H12O/c1-10-7-13-5-4-6-15(22)19(25)18(24)14(21)9-11(2)12(3)27-20(26)17(13)16(23)8-10;1-6(2)7(3)5-8(10)9(11)12-4;1-5(2)6(3)4-7/h4-5,7-9,11-12,15,19,22-23,25H,6H2,1-3H3;5-7H,1-4H3;4-6H,1-3H3/b5-4+,14-9+;8-5+;/t11-,12+,15+,19+;;/m1../s1. The van der Waals surface area contributed by atoms with Crippen LogP contribution in [0.1, 0.15) is 83.3 Å². The summed E-state index contributed by atoms with van der Waals surface area (Å²) in [5.74, 6) is -4.79. The lowest BCUT2D eigenvalue weighted by atomic mass is 9.97. The zero-order valence-corrected chi connectivity index (χ0v) is 28.4. The summed E-state index contributed by atoms with van der Waals surface area (Å²) in [4.78, 5) is 45.0. The molecule has 6 atom stereocenters. The van der Waals surface area contributed by atoms with E-state index in [0.717, 1.165) is 19.5 Å². The van der Waals surface area contributed by atoms with Crippen molar-refractivity contribution >= 4 is 30.1 Å². The number of Topliss-reactive ketones (excluding diaryl/α,β-unsaturated/α-hetero) is 1. The van der Waals surface area contributed by atoms with Crippen LogP contribution in [0.25, 0.3) is 6.08 Å². The van der Waals surface area contributed by atoms with Crippen LogP contribution in [-0.4, -0.2) is 64.7 Å². The Morgan fingerprint density at radius 2 is 1.61 bits per heavy atom. The van der Waals surface area contributed by atoms with Crippen LogP contribution in [0.5, 0.6) is 5.75 Å². The number of allylic oxidation sites excluding steroid dienone is 1. The van der Waals surface area contributed by atoms with E-state index in [1.807, 2.05) is 41.5 Å². The number of phenols is 1. The van der Waals surface area contributed by atoms with Gasteiger partial charge in [0, 0.05) is 11.8 Å². The lowest BCUT2D eigenvalue weighted by Crippen LogP contribution is -2.34. The van der Waals surface area contributed by atoms with Gasteiger partial charge in [0.2, 0.25) is 11.6 Å². The summed E-state index contributed by atoms with van der Waals surface area (Å²) in [6.07, 6.45) is 1.71. The summed E-state index contributed by atoms with van der Waals surface area (Å²) in [5.41, 5.74) is 1.01. The normalized spacial score (nSPS) is 23.9. The van der Waals surface area contributed by atoms with Crippen molar-refractivity contribution in [3.8, 4) is 5.75 Å². The monoisotopic (exact) mass is 652 g/mol. The molecule has 0 aliphatic carbocycles. The van der Waals surface area contributed by atoms with E-state index in [4.69, 9.17) is 4.74 Å². The fraction of sp³-hybridized carbons (Fsp3) is 0.543. The Balaban J connectivity index is 0.000000878. The second kappa shape index (κ2) is 20.4. The van der Waals surface area contributed by atoms with Gasteiger partial charge in [0.25, 0.3) is 0 Å². The van der Waals surface area contributed by atoms with Crippen LogP contribution in [-0.2, 0) is 23.9 Å². The second-order valence-corrected chi connectivity index (χ2v) is 12.1. The number of hydrogen-bond acceptors (Lipinski definition) is 9. The van der Waals surface area contributed by atoms with Crippen LogP contribution in [0.4, 0.5) is 8.78 Å². The van der Waals surface area contributed by atoms with Crippen molar-refractivity contribution in [2.24, 2.45) is 29.6 Å². The molecule has 3 N–H and O–H groups in total. The number of hydrogen-bond donors (Lipinski definition) is 3. The maximum Gasteiger partial charge on any atom is 0.366 e. The molecule has 0 saturated heterocycles. The smallest absolute Gasteiger partial charge is 0.366 e. The number of carbonyl (C=O) groups excluding carboxylic acids is 4. The lowest BCUT2D eigenvalue weighted by molar-refractivity contribution is -0.137.